The van der Waals surface area contributed by atoms with Crippen LogP contribution in [-0.2, 0) is 6.18 Å². The van der Waals surface area contributed by atoms with Gasteiger partial charge in [0.1, 0.15) is 11.6 Å². The molecule has 0 atom stereocenters. The molecular formula is C29H34F3N5O2. The zero-order valence-electron chi connectivity index (χ0n) is 22.4. The molecule has 208 valence electrons. The highest BCUT2D eigenvalue weighted by Crippen LogP contribution is 2.36. The van der Waals surface area contributed by atoms with Crippen molar-refractivity contribution in [3.8, 4) is 12.1 Å². The van der Waals surface area contributed by atoms with E-state index in [0.29, 0.717) is 11.6 Å². The summed E-state index contributed by atoms with van der Waals surface area (Å²) in [5.74, 6) is 1.33. The minimum absolute atomic E-state index is 0.100. The van der Waals surface area contributed by atoms with E-state index in [1.807, 2.05) is 24.0 Å². The van der Waals surface area contributed by atoms with Gasteiger partial charge in [0, 0.05) is 43.6 Å². The van der Waals surface area contributed by atoms with Gasteiger partial charge in [0.05, 0.1) is 22.1 Å². The van der Waals surface area contributed by atoms with Gasteiger partial charge in [0.2, 0.25) is 0 Å². The summed E-state index contributed by atoms with van der Waals surface area (Å²) < 4.78 is 38.9. The summed E-state index contributed by atoms with van der Waals surface area (Å²) in [6.45, 7) is 7.49. The molecule has 0 aromatic heterocycles. The Bertz CT molecular complexity index is 1230. The van der Waals surface area contributed by atoms with Crippen molar-refractivity contribution in [2.24, 2.45) is 11.8 Å². The molecule has 0 spiro atoms. The molecule has 2 aromatic carbocycles. The molecule has 2 aliphatic rings. The van der Waals surface area contributed by atoms with Crippen molar-refractivity contribution >= 4 is 17.1 Å². The van der Waals surface area contributed by atoms with Crippen molar-refractivity contribution in [1.29, 1.82) is 10.5 Å². The number of nitriles is 2. The molecule has 2 aromatic rings. The normalized spacial score (nSPS) is 14.4. The molecule has 39 heavy (non-hydrogen) atoms. The van der Waals surface area contributed by atoms with Crippen molar-refractivity contribution in [2.45, 2.75) is 58.5 Å². The van der Waals surface area contributed by atoms with Crippen LogP contribution in [0.5, 0.6) is 0 Å². The van der Waals surface area contributed by atoms with E-state index >= 15 is 0 Å². The molecule has 2 fully saturated rings. The number of anilines is 2. The van der Waals surface area contributed by atoms with Crippen LogP contribution in [0, 0.1) is 44.6 Å². The number of nitro benzene ring substituents is 1. The second-order valence-corrected chi connectivity index (χ2v) is 10.2. The van der Waals surface area contributed by atoms with Gasteiger partial charge in [-0.05, 0) is 80.7 Å². The second-order valence-electron chi connectivity index (χ2n) is 10.2. The molecule has 10 heteroatoms. The first-order chi connectivity index (χ1) is 18.6. The van der Waals surface area contributed by atoms with Crippen molar-refractivity contribution < 1.29 is 18.1 Å². The predicted molar refractivity (Wildman–Crippen MR) is 144 cm³/mol. The van der Waals surface area contributed by atoms with E-state index in [9.17, 15) is 23.3 Å². The van der Waals surface area contributed by atoms with Crippen molar-refractivity contribution in [2.75, 3.05) is 36.0 Å². The van der Waals surface area contributed by atoms with Gasteiger partial charge in [0.25, 0.3) is 5.69 Å². The number of benzene rings is 2. The molecule has 2 aliphatic carbocycles. The van der Waals surface area contributed by atoms with Gasteiger partial charge in [-0.3, -0.25) is 10.1 Å². The maximum atomic E-state index is 13.0. The van der Waals surface area contributed by atoms with Crippen LogP contribution in [0.2, 0.25) is 0 Å². The lowest BCUT2D eigenvalue weighted by molar-refractivity contribution is -0.385. The highest BCUT2D eigenvalue weighted by Gasteiger charge is 2.34. The summed E-state index contributed by atoms with van der Waals surface area (Å²) in [7, 11) is 0. The topological polar surface area (TPSA) is 97.2 Å². The van der Waals surface area contributed by atoms with Crippen LogP contribution < -0.4 is 9.80 Å². The highest BCUT2D eigenvalue weighted by atomic mass is 19.4. The van der Waals surface area contributed by atoms with Gasteiger partial charge in [-0.1, -0.05) is 13.8 Å². The molecule has 0 unspecified atom stereocenters. The largest absolute Gasteiger partial charge is 0.417 e. The summed E-state index contributed by atoms with van der Waals surface area (Å²) in [5.41, 5.74) is 0.275. The second kappa shape index (κ2) is 13.3. The molecule has 0 radical (unpaired) electrons. The fourth-order valence-electron chi connectivity index (χ4n) is 4.44. The molecule has 0 saturated heterocycles. The van der Waals surface area contributed by atoms with E-state index in [0.717, 1.165) is 69.5 Å². The van der Waals surface area contributed by atoms with E-state index in [2.05, 4.69) is 11.8 Å². The Morgan fingerprint density at radius 2 is 1.33 bits per heavy atom. The average molecular weight is 542 g/mol. The number of hydrogen-bond acceptors (Lipinski definition) is 6. The lowest BCUT2D eigenvalue weighted by Gasteiger charge is -2.25. The minimum atomic E-state index is -4.49. The Hall–Kier alpha value is -3.79. The summed E-state index contributed by atoms with van der Waals surface area (Å²) in [5, 5.41) is 28.7. The van der Waals surface area contributed by atoms with Gasteiger partial charge < -0.3 is 9.80 Å². The Kier molecular flexibility index (Phi) is 10.2. The van der Waals surface area contributed by atoms with E-state index in [1.54, 1.807) is 18.2 Å². The van der Waals surface area contributed by atoms with Gasteiger partial charge in [-0.15, -0.1) is 0 Å². The quantitative estimate of drug-likeness (QED) is 0.219. The van der Waals surface area contributed by atoms with Crippen molar-refractivity contribution in [3.05, 3.63) is 63.2 Å². The smallest absolute Gasteiger partial charge is 0.371 e. The molecule has 7 nitrogen and oxygen atoms in total. The van der Waals surface area contributed by atoms with Gasteiger partial charge in [-0.25, -0.2) is 0 Å². The molecule has 2 saturated carbocycles. The molecule has 0 bridgehead atoms. The van der Waals surface area contributed by atoms with Crippen LogP contribution in [0.15, 0.2) is 36.4 Å². The number of alkyl halides is 3. The highest BCUT2D eigenvalue weighted by molar-refractivity contribution is 5.60. The fourth-order valence-corrected chi connectivity index (χ4v) is 4.44. The number of halogens is 3. The van der Waals surface area contributed by atoms with E-state index in [-0.39, 0.29) is 16.8 Å². The number of hydrogen-bond donors (Lipinski definition) is 0. The molecule has 0 heterocycles. The Balaban J connectivity index is 0.000000216. The van der Waals surface area contributed by atoms with Gasteiger partial charge in [0.15, 0.2) is 0 Å². The molecular weight excluding hydrogens is 507 g/mol. The summed E-state index contributed by atoms with van der Waals surface area (Å²) in [6, 6.07) is 12.4. The third-order valence-corrected chi connectivity index (χ3v) is 6.80. The SMILES string of the molecule is CCCN(CC1CC1)c1ccc(C#N)c(C(F)(F)F)c1.CCCN(CC1CC1)c1ccc(C#N)c([N+](=O)[O-])c1. The first-order valence-corrected chi connectivity index (χ1v) is 13.4. The number of nitro groups is 1. The zero-order valence-corrected chi connectivity index (χ0v) is 22.4. The van der Waals surface area contributed by atoms with E-state index in [4.69, 9.17) is 10.5 Å². The first kappa shape index (κ1) is 29.8. The van der Waals surface area contributed by atoms with E-state index in [1.165, 1.54) is 25.0 Å². The Labute approximate surface area is 227 Å². The van der Waals surface area contributed by atoms with Crippen LogP contribution in [0.1, 0.15) is 69.1 Å². The van der Waals surface area contributed by atoms with E-state index < -0.39 is 16.7 Å². The molecule has 4 rings (SSSR count). The summed E-state index contributed by atoms with van der Waals surface area (Å²) in [4.78, 5) is 14.7. The monoisotopic (exact) mass is 541 g/mol. The fraction of sp³-hybridized carbons (Fsp3) is 0.517. The minimum Gasteiger partial charge on any atom is -0.371 e. The average Bonchev–Trinajstić information content (AvgIpc) is 3.84. The maximum Gasteiger partial charge on any atom is 0.417 e. The predicted octanol–water partition coefficient (Wildman–Crippen LogP) is 7.30. The van der Waals surface area contributed by atoms with Crippen LogP contribution in [-0.4, -0.2) is 31.1 Å². The van der Waals surface area contributed by atoms with Crippen LogP contribution in [0.3, 0.4) is 0 Å². The standard InChI is InChI=1S/C15H17F3N2.C14H17N3O2/c1-2-7-20(10-11-3-4-11)13-6-5-12(9-19)14(8-13)15(16,17)18;1-2-7-16(10-11-3-4-11)13-6-5-12(9-15)14(8-13)17(18)19/h5-6,8,11H,2-4,7,10H2,1H3;5-6,8,11H,2-4,7,10H2,1H3. The van der Waals surface area contributed by atoms with Crippen LogP contribution >= 0.6 is 0 Å². The van der Waals surface area contributed by atoms with Gasteiger partial charge in [-0.2, -0.15) is 23.7 Å². The third kappa shape index (κ3) is 8.61. The van der Waals surface area contributed by atoms with Crippen LogP contribution in [0.25, 0.3) is 0 Å². The summed E-state index contributed by atoms with van der Waals surface area (Å²) >= 11 is 0. The number of rotatable bonds is 11. The molecule has 0 amide bonds. The lowest BCUT2D eigenvalue weighted by atomic mass is 10.1. The van der Waals surface area contributed by atoms with Crippen molar-refractivity contribution in [3.63, 3.8) is 0 Å². The molecule has 0 aliphatic heterocycles. The number of nitrogens with zero attached hydrogens (tertiary/aromatic N) is 5. The Morgan fingerprint density at radius 3 is 1.72 bits per heavy atom. The first-order valence-electron chi connectivity index (χ1n) is 13.4. The third-order valence-electron chi connectivity index (χ3n) is 6.80. The lowest BCUT2D eigenvalue weighted by Crippen LogP contribution is -2.27. The van der Waals surface area contributed by atoms with Crippen molar-refractivity contribution in [1.82, 2.24) is 0 Å². The maximum absolute atomic E-state index is 13.0. The molecule has 0 N–H and O–H groups in total. The summed E-state index contributed by atoms with van der Waals surface area (Å²) in [6.07, 6.45) is 2.20. The van der Waals surface area contributed by atoms with Gasteiger partial charge >= 0.3 is 6.18 Å². The Morgan fingerprint density at radius 1 is 0.872 bits per heavy atom. The zero-order chi connectivity index (χ0) is 28.6. The van der Waals surface area contributed by atoms with Crippen LogP contribution in [0.4, 0.5) is 30.2 Å².